The van der Waals surface area contributed by atoms with Crippen LogP contribution >= 0.6 is 0 Å². The summed E-state index contributed by atoms with van der Waals surface area (Å²) in [6.07, 6.45) is 3.95. The van der Waals surface area contributed by atoms with Crippen LogP contribution in [-0.2, 0) is 0 Å². The number of ether oxygens (including phenoxy) is 1. The molecule has 4 heterocycles. The summed E-state index contributed by atoms with van der Waals surface area (Å²) in [4.78, 5) is 14.7. The fourth-order valence-corrected chi connectivity index (χ4v) is 5.03. The van der Waals surface area contributed by atoms with E-state index in [2.05, 4.69) is 43.7 Å². The van der Waals surface area contributed by atoms with Gasteiger partial charge in [0.1, 0.15) is 23.9 Å². The molecule has 3 N–H and O–H groups in total. The number of H-pyrrole nitrogens is 2. The van der Waals surface area contributed by atoms with E-state index in [1.54, 1.807) is 6.20 Å². The fraction of sp³-hybridized carbons (Fsp3) is 0.321. The molecule has 0 spiro atoms. The van der Waals surface area contributed by atoms with Gasteiger partial charge < -0.3 is 19.9 Å². The first kappa shape index (κ1) is 23.6. The van der Waals surface area contributed by atoms with Gasteiger partial charge in [0.25, 0.3) is 0 Å². The molecule has 0 aliphatic carbocycles. The highest BCUT2D eigenvalue weighted by Gasteiger charge is 2.19. The highest BCUT2D eigenvalue weighted by molar-refractivity contribution is 5.96. The van der Waals surface area contributed by atoms with Crippen molar-refractivity contribution < 1.29 is 9.13 Å². The van der Waals surface area contributed by atoms with Crippen molar-refractivity contribution in [2.75, 3.05) is 40.3 Å². The Morgan fingerprint density at radius 2 is 1.95 bits per heavy atom. The highest BCUT2D eigenvalue weighted by Crippen LogP contribution is 2.34. The Kier molecular flexibility index (Phi) is 6.31. The fourth-order valence-electron chi connectivity index (χ4n) is 5.03. The molecule has 1 fully saturated rings. The molecule has 6 rings (SSSR count). The Morgan fingerprint density at radius 3 is 2.78 bits per heavy atom. The Morgan fingerprint density at radius 1 is 1.08 bits per heavy atom. The normalized spacial score (nSPS) is 14.7. The third-order valence-electron chi connectivity index (χ3n) is 7.00. The number of rotatable bonds is 7. The van der Waals surface area contributed by atoms with Crippen molar-refractivity contribution in [3.8, 4) is 28.4 Å². The van der Waals surface area contributed by atoms with Crippen molar-refractivity contribution in [1.82, 2.24) is 35.4 Å². The van der Waals surface area contributed by atoms with Crippen LogP contribution in [0, 0.1) is 5.82 Å². The van der Waals surface area contributed by atoms with E-state index in [1.165, 1.54) is 17.7 Å². The molecule has 9 heteroatoms. The first-order valence-electron chi connectivity index (χ1n) is 12.7. The predicted molar refractivity (Wildman–Crippen MR) is 143 cm³/mol. The van der Waals surface area contributed by atoms with E-state index >= 15 is 0 Å². The van der Waals surface area contributed by atoms with E-state index in [1.807, 2.05) is 31.1 Å². The molecular weight excluding hydrogens is 469 g/mol. The second-order valence-electron chi connectivity index (χ2n) is 9.87. The van der Waals surface area contributed by atoms with Crippen molar-refractivity contribution in [2.45, 2.75) is 18.8 Å². The van der Waals surface area contributed by atoms with Crippen LogP contribution in [0.1, 0.15) is 24.3 Å². The predicted octanol–water partition coefficient (Wildman–Crippen LogP) is 4.71. The SMILES string of the molecule is CN(C)CCOc1cc(F)cc(-c2ccnc3nc(-c4n[nH]c5ccc(C6CCNCC6)cc45)[nH]c23)c1. The van der Waals surface area contributed by atoms with E-state index in [0.717, 1.165) is 60.2 Å². The number of fused-ring (bicyclic) bond motifs is 2. The zero-order valence-electron chi connectivity index (χ0n) is 21.0. The van der Waals surface area contributed by atoms with Gasteiger partial charge in [0.05, 0.1) is 11.0 Å². The number of hydrogen-bond donors (Lipinski definition) is 3. The van der Waals surface area contributed by atoms with E-state index in [0.29, 0.717) is 35.3 Å². The van der Waals surface area contributed by atoms with Gasteiger partial charge in [-0.25, -0.2) is 14.4 Å². The third kappa shape index (κ3) is 4.80. The van der Waals surface area contributed by atoms with Gasteiger partial charge in [-0.3, -0.25) is 5.10 Å². The summed E-state index contributed by atoms with van der Waals surface area (Å²) >= 11 is 0. The van der Waals surface area contributed by atoms with E-state index in [-0.39, 0.29) is 5.82 Å². The minimum Gasteiger partial charge on any atom is -0.492 e. The number of aromatic nitrogens is 5. The molecule has 3 aromatic heterocycles. The van der Waals surface area contributed by atoms with Crippen LogP contribution in [0.15, 0.2) is 48.7 Å². The van der Waals surface area contributed by atoms with Crippen LogP contribution in [0.2, 0.25) is 0 Å². The summed E-state index contributed by atoms with van der Waals surface area (Å²) in [5.74, 6) is 1.30. The molecule has 8 nitrogen and oxygen atoms in total. The molecule has 190 valence electrons. The molecule has 37 heavy (non-hydrogen) atoms. The van der Waals surface area contributed by atoms with Crippen LogP contribution in [0.25, 0.3) is 44.7 Å². The Balaban J connectivity index is 1.37. The number of halogens is 1. The van der Waals surface area contributed by atoms with Crippen LogP contribution in [0.5, 0.6) is 5.75 Å². The molecule has 0 radical (unpaired) electrons. The monoisotopic (exact) mass is 499 g/mol. The van der Waals surface area contributed by atoms with E-state index < -0.39 is 0 Å². The summed E-state index contributed by atoms with van der Waals surface area (Å²) in [6, 6.07) is 13.1. The molecule has 1 saturated heterocycles. The topological polar surface area (TPSA) is 94.8 Å². The van der Waals surface area contributed by atoms with Crippen molar-refractivity contribution in [2.24, 2.45) is 0 Å². The standard InChI is InChI=1S/C28H30FN7O/c1-36(2)11-12-37-21-14-19(13-20(29)16-21)22-7-10-31-27-25(22)32-28(33-27)26-23-15-18(3-4-24(23)34-35-26)17-5-8-30-9-6-17/h3-4,7,10,13-17,30H,5-6,8-9,11-12H2,1-2H3,(H,34,35)(H,31,32,33). The molecule has 0 bridgehead atoms. The third-order valence-corrected chi connectivity index (χ3v) is 7.00. The molecule has 2 aromatic carbocycles. The number of imidazole rings is 1. The molecule has 0 amide bonds. The second kappa shape index (κ2) is 9.91. The smallest absolute Gasteiger partial charge is 0.178 e. The number of benzene rings is 2. The van der Waals surface area contributed by atoms with Gasteiger partial charge in [-0.2, -0.15) is 5.10 Å². The average molecular weight is 500 g/mol. The Hall–Kier alpha value is -3.82. The Bertz CT molecular complexity index is 1550. The van der Waals surface area contributed by atoms with Gasteiger partial charge in [0.2, 0.25) is 0 Å². The zero-order valence-corrected chi connectivity index (χ0v) is 21.0. The van der Waals surface area contributed by atoms with Crippen molar-refractivity contribution >= 4 is 22.1 Å². The summed E-state index contributed by atoms with van der Waals surface area (Å²) in [5, 5.41) is 12.2. The molecule has 0 saturated carbocycles. The lowest BCUT2D eigenvalue weighted by atomic mass is 9.89. The van der Waals surface area contributed by atoms with Crippen molar-refractivity contribution in [3.05, 3.63) is 60.0 Å². The summed E-state index contributed by atoms with van der Waals surface area (Å²) in [6.45, 7) is 3.30. The molecule has 1 aliphatic heterocycles. The lowest BCUT2D eigenvalue weighted by Gasteiger charge is -2.23. The van der Waals surface area contributed by atoms with Gasteiger partial charge in [-0.05, 0) is 87.4 Å². The van der Waals surface area contributed by atoms with Crippen LogP contribution in [-0.4, -0.2) is 70.4 Å². The van der Waals surface area contributed by atoms with Gasteiger partial charge in [-0.1, -0.05) is 6.07 Å². The van der Waals surface area contributed by atoms with Crippen molar-refractivity contribution in [1.29, 1.82) is 0 Å². The maximum absolute atomic E-state index is 14.5. The van der Waals surface area contributed by atoms with Gasteiger partial charge >= 0.3 is 0 Å². The number of piperidine rings is 1. The zero-order chi connectivity index (χ0) is 25.4. The molecule has 0 atom stereocenters. The van der Waals surface area contributed by atoms with E-state index in [4.69, 9.17) is 9.72 Å². The number of pyridine rings is 1. The van der Waals surface area contributed by atoms with Gasteiger partial charge in [0.15, 0.2) is 11.5 Å². The minimum atomic E-state index is -0.356. The number of aromatic amines is 2. The lowest BCUT2D eigenvalue weighted by Crippen LogP contribution is -2.26. The minimum absolute atomic E-state index is 0.356. The maximum Gasteiger partial charge on any atom is 0.178 e. The molecule has 5 aromatic rings. The number of likely N-dealkylation sites (N-methyl/N-ethyl adjacent to an activating group) is 1. The van der Waals surface area contributed by atoms with Crippen LogP contribution in [0.3, 0.4) is 0 Å². The lowest BCUT2D eigenvalue weighted by molar-refractivity contribution is 0.260. The molecule has 0 unspecified atom stereocenters. The van der Waals surface area contributed by atoms with E-state index in [9.17, 15) is 4.39 Å². The highest BCUT2D eigenvalue weighted by atomic mass is 19.1. The van der Waals surface area contributed by atoms with Gasteiger partial charge in [-0.15, -0.1) is 0 Å². The number of nitrogens with zero attached hydrogens (tertiary/aromatic N) is 4. The average Bonchev–Trinajstić information content (AvgIpc) is 3.52. The quantitative estimate of drug-likeness (QED) is 0.300. The number of hydrogen-bond acceptors (Lipinski definition) is 6. The Labute approximate surface area is 214 Å². The second-order valence-corrected chi connectivity index (χ2v) is 9.87. The summed E-state index contributed by atoms with van der Waals surface area (Å²) in [5.41, 5.74) is 5.82. The summed E-state index contributed by atoms with van der Waals surface area (Å²) < 4.78 is 20.3. The summed E-state index contributed by atoms with van der Waals surface area (Å²) in [7, 11) is 3.95. The molecular formula is C28H30FN7O. The first-order chi connectivity index (χ1) is 18.0. The largest absolute Gasteiger partial charge is 0.492 e. The maximum atomic E-state index is 14.5. The van der Waals surface area contributed by atoms with Crippen LogP contribution < -0.4 is 10.1 Å². The van der Waals surface area contributed by atoms with Crippen molar-refractivity contribution in [3.63, 3.8) is 0 Å². The van der Waals surface area contributed by atoms with Crippen LogP contribution in [0.4, 0.5) is 4.39 Å². The van der Waals surface area contributed by atoms with Gasteiger partial charge in [0, 0.05) is 29.8 Å². The molecule has 1 aliphatic rings. The first-order valence-corrected chi connectivity index (χ1v) is 12.7. The number of nitrogens with one attached hydrogen (secondary N) is 3.